The second-order valence-corrected chi connectivity index (χ2v) is 4.52. The predicted octanol–water partition coefficient (Wildman–Crippen LogP) is 1.38. The van der Waals surface area contributed by atoms with Crippen molar-refractivity contribution in [1.82, 2.24) is 15.0 Å². The third kappa shape index (κ3) is 2.80. The Labute approximate surface area is 95.8 Å². The first kappa shape index (κ1) is 11.5. The molecule has 0 amide bonds. The molecule has 0 bridgehead atoms. The Morgan fingerprint density at radius 1 is 1.56 bits per heavy atom. The molecule has 1 aliphatic heterocycles. The van der Waals surface area contributed by atoms with Gasteiger partial charge in [-0.05, 0) is 26.8 Å². The number of aromatic nitrogens is 2. The Morgan fingerprint density at radius 3 is 3.00 bits per heavy atom. The summed E-state index contributed by atoms with van der Waals surface area (Å²) in [7, 11) is 2.16. The minimum atomic E-state index is 0.324. The van der Waals surface area contributed by atoms with Crippen LogP contribution < -0.4 is 0 Å². The third-order valence-electron chi connectivity index (χ3n) is 3.18. The summed E-state index contributed by atoms with van der Waals surface area (Å²) in [5.41, 5.74) is 0. The van der Waals surface area contributed by atoms with E-state index >= 15 is 0 Å². The van der Waals surface area contributed by atoms with Crippen LogP contribution in [0.5, 0.6) is 0 Å². The number of ether oxygens (including phenoxy) is 1. The number of likely N-dealkylation sites (tertiary alicyclic amines) is 1. The van der Waals surface area contributed by atoms with Crippen LogP contribution in [0.4, 0.5) is 0 Å². The van der Waals surface area contributed by atoms with Crippen LogP contribution in [0.2, 0.25) is 0 Å². The topological polar surface area (TPSA) is 51.4 Å². The van der Waals surface area contributed by atoms with E-state index in [1.54, 1.807) is 6.92 Å². The van der Waals surface area contributed by atoms with Gasteiger partial charge in [0.05, 0.1) is 6.10 Å². The van der Waals surface area contributed by atoms with Gasteiger partial charge in [-0.3, -0.25) is 0 Å². The molecule has 2 rings (SSSR count). The lowest BCUT2D eigenvalue weighted by Gasteiger charge is -2.34. The van der Waals surface area contributed by atoms with Gasteiger partial charge in [-0.2, -0.15) is 4.98 Å². The Balaban J connectivity index is 1.78. The summed E-state index contributed by atoms with van der Waals surface area (Å²) in [5, 5.41) is 3.81. The van der Waals surface area contributed by atoms with Gasteiger partial charge in [0.15, 0.2) is 5.82 Å². The van der Waals surface area contributed by atoms with E-state index in [1.165, 1.54) is 0 Å². The van der Waals surface area contributed by atoms with Gasteiger partial charge in [-0.15, -0.1) is 0 Å². The van der Waals surface area contributed by atoms with E-state index in [0.717, 1.165) is 19.4 Å². The number of nitrogens with zero attached hydrogens (tertiary/aromatic N) is 3. The maximum Gasteiger partial charge on any atom is 0.223 e. The van der Waals surface area contributed by atoms with Crippen LogP contribution in [-0.4, -0.2) is 40.8 Å². The maximum atomic E-state index is 5.79. The highest BCUT2D eigenvalue weighted by Crippen LogP contribution is 2.18. The molecule has 0 unspecified atom stereocenters. The molecular weight excluding hydrogens is 206 g/mol. The molecule has 5 heteroatoms. The summed E-state index contributed by atoms with van der Waals surface area (Å²) in [6, 6.07) is 0.589. The van der Waals surface area contributed by atoms with Crippen LogP contribution in [-0.2, 0) is 11.3 Å². The molecule has 2 heterocycles. The van der Waals surface area contributed by atoms with Crippen LogP contribution in [0.15, 0.2) is 4.52 Å². The van der Waals surface area contributed by atoms with E-state index in [2.05, 4.69) is 29.0 Å². The first-order valence-electron chi connectivity index (χ1n) is 5.76. The molecule has 16 heavy (non-hydrogen) atoms. The van der Waals surface area contributed by atoms with Crippen LogP contribution in [0.1, 0.15) is 31.5 Å². The average Bonchev–Trinajstić information content (AvgIpc) is 2.66. The predicted molar refractivity (Wildman–Crippen MR) is 58.9 cm³/mol. The van der Waals surface area contributed by atoms with Crippen molar-refractivity contribution in [2.75, 3.05) is 13.6 Å². The minimum Gasteiger partial charge on any atom is -0.370 e. The summed E-state index contributed by atoms with van der Waals surface area (Å²) in [5.74, 6) is 1.24. The Morgan fingerprint density at radius 2 is 2.38 bits per heavy atom. The molecule has 0 aromatic carbocycles. The molecule has 0 aliphatic carbocycles. The van der Waals surface area contributed by atoms with Crippen molar-refractivity contribution >= 4 is 0 Å². The van der Waals surface area contributed by atoms with Gasteiger partial charge in [0.25, 0.3) is 0 Å². The Hall–Kier alpha value is -0.940. The second kappa shape index (κ2) is 4.93. The summed E-state index contributed by atoms with van der Waals surface area (Å²) in [6.45, 7) is 5.57. The summed E-state index contributed by atoms with van der Waals surface area (Å²) < 4.78 is 10.7. The SMILES string of the molecule is Cc1nc(CO[C@H]2CCN(C)[C@@H](C)C2)no1. The van der Waals surface area contributed by atoms with E-state index < -0.39 is 0 Å². The van der Waals surface area contributed by atoms with Gasteiger partial charge in [-0.1, -0.05) is 5.16 Å². The van der Waals surface area contributed by atoms with Gasteiger partial charge in [0, 0.05) is 19.5 Å². The fourth-order valence-corrected chi connectivity index (χ4v) is 1.99. The first-order valence-corrected chi connectivity index (χ1v) is 5.76. The fraction of sp³-hybridized carbons (Fsp3) is 0.818. The van der Waals surface area contributed by atoms with Crippen molar-refractivity contribution < 1.29 is 9.26 Å². The monoisotopic (exact) mass is 225 g/mol. The van der Waals surface area contributed by atoms with E-state index in [1.807, 2.05) is 0 Å². The zero-order valence-electron chi connectivity index (χ0n) is 10.1. The van der Waals surface area contributed by atoms with Crippen molar-refractivity contribution in [3.8, 4) is 0 Å². The molecule has 0 N–H and O–H groups in total. The molecule has 1 aliphatic rings. The van der Waals surface area contributed by atoms with Gasteiger partial charge in [0.2, 0.25) is 5.89 Å². The molecule has 0 radical (unpaired) electrons. The van der Waals surface area contributed by atoms with Crippen LogP contribution >= 0.6 is 0 Å². The van der Waals surface area contributed by atoms with Crippen molar-refractivity contribution in [3.63, 3.8) is 0 Å². The minimum absolute atomic E-state index is 0.324. The van der Waals surface area contributed by atoms with Gasteiger partial charge < -0.3 is 14.2 Å². The second-order valence-electron chi connectivity index (χ2n) is 4.52. The Kier molecular flexibility index (Phi) is 3.56. The van der Waals surface area contributed by atoms with Crippen molar-refractivity contribution in [3.05, 3.63) is 11.7 Å². The van der Waals surface area contributed by atoms with E-state index in [-0.39, 0.29) is 0 Å². The summed E-state index contributed by atoms with van der Waals surface area (Å²) in [4.78, 5) is 6.48. The van der Waals surface area contributed by atoms with Crippen molar-refractivity contribution in [2.24, 2.45) is 0 Å². The van der Waals surface area contributed by atoms with Crippen LogP contribution in [0.25, 0.3) is 0 Å². The largest absolute Gasteiger partial charge is 0.370 e. The molecule has 1 saturated heterocycles. The lowest BCUT2D eigenvalue weighted by molar-refractivity contribution is -0.0172. The highest BCUT2D eigenvalue weighted by Gasteiger charge is 2.23. The third-order valence-corrected chi connectivity index (χ3v) is 3.18. The fourth-order valence-electron chi connectivity index (χ4n) is 1.99. The van der Waals surface area contributed by atoms with Gasteiger partial charge >= 0.3 is 0 Å². The molecule has 0 spiro atoms. The van der Waals surface area contributed by atoms with Gasteiger partial charge in [0.1, 0.15) is 6.61 Å². The van der Waals surface area contributed by atoms with E-state index in [9.17, 15) is 0 Å². The lowest BCUT2D eigenvalue weighted by atomic mass is 10.0. The molecule has 0 saturated carbocycles. The number of hydrogen-bond acceptors (Lipinski definition) is 5. The van der Waals surface area contributed by atoms with Crippen LogP contribution in [0.3, 0.4) is 0 Å². The highest BCUT2D eigenvalue weighted by atomic mass is 16.5. The van der Waals surface area contributed by atoms with E-state index in [4.69, 9.17) is 9.26 Å². The number of rotatable bonds is 3. The normalized spacial score (nSPS) is 27.2. The quantitative estimate of drug-likeness (QED) is 0.777. The molecule has 5 nitrogen and oxygen atoms in total. The average molecular weight is 225 g/mol. The number of hydrogen-bond donors (Lipinski definition) is 0. The van der Waals surface area contributed by atoms with Crippen molar-refractivity contribution in [1.29, 1.82) is 0 Å². The lowest BCUT2D eigenvalue weighted by Crippen LogP contribution is -2.40. The zero-order chi connectivity index (χ0) is 11.5. The van der Waals surface area contributed by atoms with Gasteiger partial charge in [-0.25, -0.2) is 0 Å². The van der Waals surface area contributed by atoms with Crippen LogP contribution in [0, 0.1) is 6.92 Å². The molecular formula is C11H19N3O2. The summed E-state index contributed by atoms with van der Waals surface area (Å²) in [6.07, 6.45) is 2.48. The smallest absolute Gasteiger partial charge is 0.223 e. The molecule has 2 atom stereocenters. The molecule has 1 aromatic rings. The molecule has 1 aromatic heterocycles. The standard InChI is InChI=1S/C11H19N3O2/c1-8-6-10(4-5-14(8)3)15-7-11-12-9(2)16-13-11/h8,10H,4-7H2,1-3H3/t8-,10-/m0/s1. The zero-order valence-corrected chi connectivity index (χ0v) is 10.1. The summed E-state index contributed by atoms with van der Waals surface area (Å²) >= 11 is 0. The highest BCUT2D eigenvalue weighted by molar-refractivity contribution is 4.82. The van der Waals surface area contributed by atoms with Crippen molar-refractivity contribution in [2.45, 2.75) is 45.4 Å². The number of aryl methyl sites for hydroxylation is 1. The first-order chi connectivity index (χ1) is 7.65. The Bertz CT molecular complexity index is 340. The molecule has 1 fully saturated rings. The maximum absolute atomic E-state index is 5.79. The molecule has 90 valence electrons. The van der Waals surface area contributed by atoms with E-state index in [0.29, 0.717) is 30.5 Å². The number of piperidine rings is 1.